The number of ether oxygens (including phenoxy) is 1. The highest BCUT2D eigenvalue weighted by Gasteiger charge is 2.19. The molecule has 2 N–H and O–H groups in total. The van der Waals surface area contributed by atoms with Crippen LogP contribution in [0.5, 0.6) is 0 Å². The van der Waals surface area contributed by atoms with Gasteiger partial charge >= 0.3 is 5.97 Å². The van der Waals surface area contributed by atoms with Gasteiger partial charge in [-0.05, 0) is 13.3 Å². The molecular formula is C14H19N3O4. The van der Waals surface area contributed by atoms with Crippen molar-refractivity contribution in [2.75, 3.05) is 13.2 Å². The van der Waals surface area contributed by atoms with Crippen LogP contribution in [0, 0.1) is 0 Å². The predicted molar refractivity (Wildman–Crippen MR) is 76.6 cm³/mol. The third-order valence-corrected chi connectivity index (χ3v) is 3.21. The van der Waals surface area contributed by atoms with E-state index in [0.717, 1.165) is 16.6 Å². The van der Waals surface area contributed by atoms with Gasteiger partial charge in [-0.2, -0.15) is 9.61 Å². The van der Waals surface area contributed by atoms with Crippen LogP contribution in [0.15, 0.2) is 11.0 Å². The first-order valence-corrected chi connectivity index (χ1v) is 7.03. The molecule has 0 saturated heterocycles. The van der Waals surface area contributed by atoms with Gasteiger partial charge in [0.05, 0.1) is 12.8 Å². The average Bonchev–Trinajstić information content (AvgIpc) is 2.87. The van der Waals surface area contributed by atoms with Crippen LogP contribution in [0.1, 0.15) is 41.9 Å². The number of H-pyrrole nitrogens is 1. The fourth-order valence-corrected chi connectivity index (χ4v) is 2.29. The van der Waals surface area contributed by atoms with Crippen LogP contribution in [0.25, 0.3) is 5.65 Å². The number of carbonyl (C=O) groups is 1. The number of nitrogens with one attached hydrogen (secondary N) is 1. The molecule has 21 heavy (non-hydrogen) atoms. The maximum atomic E-state index is 12.4. The topological polar surface area (TPSA) is 96.7 Å². The zero-order chi connectivity index (χ0) is 15.4. The molecule has 0 aliphatic heterocycles. The van der Waals surface area contributed by atoms with Crippen molar-refractivity contribution < 1.29 is 14.6 Å². The number of esters is 1. The number of aryl methyl sites for hydroxylation is 1. The van der Waals surface area contributed by atoms with Gasteiger partial charge in [0, 0.05) is 24.3 Å². The Kier molecular flexibility index (Phi) is 4.74. The number of carbonyl (C=O) groups excluding carboxylic acids is 1. The molecule has 7 heteroatoms. The number of rotatable bonds is 6. The average molecular weight is 293 g/mol. The summed E-state index contributed by atoms with van der Waals surface area (Å²) in [5.74, 6) is -0.513. The lowest BCUT2D eigenvalue weighted by Crippen LogP contribution is -2.24. The molecule has 0 spiro atoms. The highest BCUT2D eigenvalue weighted by Crippen LogP contribution is 2.12. The third-order valence-electron chi connectivity index (χ3n) is 3.21. The first-order valence-electron chi connectivity index (χ1n) is 7.03. The van der Waals surface area contributed by atoms with Crippen molar-refractivity contribution in [2.24, 2.45) is 0 Å². The number of hydrogen-bond donors (Lipinski definition) is 2. The number of nitrogens with zero attached hydrogens (tertiary/aromatic N) is 2. The van der Waals surface area contributed by atoms with E-state index in [-0.39, 0.29) is 30.8 Å². The number of aliphatic hydroxyl groups is 1. The normalized spacial score (nSPS) is 11.0. The summed E-state index contributed by atoms with van der Waals surface area (Å²) in [5.41, 5.74) is 1.50. The molecule has 2 rings (SSSR count). The summed E-state index contributed by atoms with van der Waals surface area (Å²) in [6.07, 6.45) is 3.08. The van der Waals surface area contributed by atoms with Crippen molar-refractivity contribution in [2.45, 2.75) is 33.1 Å². The van der Waals surface area contributed by atoms with E-state index in [2.05, 4.69) is 10.1 Å². The number of aromatic nitrogens is 3. The molecule has 0 saturated carbocycles. The first-order chi connectivity index (χ1) is 10.1. The Morgan fingerprint density at radius 1 is 1.43 bits per heavy atom. The van der Waals surface area contributed by atoms with E-state index in [9.17, 15) is 9.59 Å². The summed E-state index contributed by atoms with van der Waals surface area (Å²) in [7, 11) is 0. The summed E-state index contributed by atoms with van der Waals surface area (Å²) in [6, 6.07) is 0. The minimum atomic E-state index is -0.513. The standard InChI is InChI=1S/C14H19N3O4/c1-3-5-11-9(6-7-18)13(19)17-12(16-11)10(8-15-17)14(20)21-4-2/h8,16,18H,3-7H2,1-2H3. The molecule has 0 fully saturated rings. The lowest BCUT2D eigenvalue weighted by Gasteiger charge is -2.09. The van der Waals surface area contributed by atoms with Crippen LogP contribution in [0.4, 0.5) is 0 Å². The Bertz CT molecular complexity index is 702. The molecule has 7 nitrogen and oxygen atoms in total. The SMILES string of the molecule is CCCc1[nH]c2c(C(=O)OCC)cnn2c(=O)c1CCO. The predicted octanol–water partition coefficient (Wildman–Crippen LogP) is 0.687. The van der Waals surface area contributed by atoms with Gasteiger partial charge in [0.25, 0.3) is 5.56 Å². The molecule has 0 aliphatic carbocycles. The fraction of sp³-hybridized carbons (Fsp3) is 0.500. The van der Waals surface area contributed by atoms with Crippen molar-refractivity contribution in [1.82, 2.24) is 14.6 Å². The van der Waals surface area contributed by atoms with Crippen LogP contribution in [0.2, 0.25) is 0 Å². The molecule has 0 unspecified atom stereocenters. The van der Waals surface area contributed by atoms with Crippen LogP contribution in [-0.4, -0.2) is 38.9 Å². The first kappa shape index (κ1) is 15.2. The van der Waals surface area contributed by atoms with Gasteiger partial charge in [-0.25, -0.2) is 4.79 Å². The van der Waals surface area contributed by atoms with Gasteiger partial charge in [-0.3, -0.25) is 4.79 Å². The van der Waals surface area contributed by atoms with Gasteiger partial charge in [0.1, 0.15) is 5.56 Å². The van der Waals surface area contributed by atoms with Gasteiger partial charge in [-0.15, -0.1) is 0 Å². The number of hydrogen-bond acceptors (Lipinski definition) is 5. The summed E-state index contributed by atoms with van der Waals surface area (Å²) in [6.45, 7) is 3.85. The van der Waals surface area contributed by atoms with Crippen molar-refractivity contribution in [1.29, 1.82) is 0 Å². The maximum absolute atomic E-state index is 12.4. The summed E-state index contributed by atoms with van der Waals surface area (Å²) < 4.78 is 6.11. The monoisotopic (exact) mass is 293 g/mol. The fourth-order valence-electron chi connectivity index (χ4n) is 2.29. The summed E-state index contributed by atoms with van der Waals surface area (Å²) >= 11 is 0. The molecule has 0 aliphatic rings. The molecule has 0 atom stereocenters. The zero-order valence-corrected chi connectivity index (χ0v) is 12.2. The van der Waals surface area contributed by atoms with Gasteiger partial charge in [0.15, 0.2) is 5.65 Å². The lowest BCUT2D eigenvalue weighted by atomic mass is 10.1. The van der Waals surface area contributed by atoms with E-state index < -0.39 is 5.97 Å². The second-order valence-corrected chi connectivity index (χ2v) is 4.65. The van der Waals surface area contributed by atoms with E-state index in [1.165, 1.54) is 6.20 Å². The zero-order valence-electron chi connectivity index (χ0n) is 12.2. The van der Waals surface area contributed by atoms with Crippen molar-refractivity contribution in [3.63, 3.8) is 0 Å². The second kappa shape index (κ2) is 6.53. The van der Waals surface area contributed by atoms with Crippen molar-refractivity contribution in [3.05, 3.63) is 33.4 Å². The minimum absolute atomic E-state index is 0.114. The molecule has 2 heterocycles. The molecule has 0 radical (unpaired) electrons. The quantitative estimate of drug-likeness (QED) is 0.764. The van der Waals surface area contributed by atoms with Crippen LogP contribution in [-0.2, 0) is 17.6 Å². The van der Waals surface area contributed by atoms with E-state index in [0.29, 0.717) is 17.6 Å². The maximum Gasteiger partial charge on any atom is 0.343 e. The highest BCUT2D eigenvalue weighted by molar-refractivity contribution is 5.95. The van der Waals surface area contributed by atoms with E-state index >= 15 is 0 Å². The van der Waals surface area contributed by atoms with Crippen molar-refractivity contribution >= 4 is 11.6 Å². The van der Waals surface area contributed by atoms with Gasteiger partial charge in [-0.1, -0.05) is 13.3 Å². The highest BCUT2D eigenvalue weighted by atomic mass is 16.5. The second-order valence-electron chi connectivity index (χ2n) is 4.65. The molecule has 0 bridgehead atoms. The Morgan fingerprint density at radius 3 is 2.81 bits per heavy atom. The minimum Gasteiger partial charge on any atom is -0.462 e. The lowest BCUT2D eigenvalue weighted by molar-refractivity contribution is 0.0528. The molecule has 0 aromatic carbocycles. The van der Waals surface area contributed by atoms with E-state index in [1.54, 1.807) is 6.92 Å². The number of aromatic amines is 1. The van der Waals surface area contributed by atoms with Crippen molar-refractivity contribution in [3.8, 4) is 0 Å². The summed E-state index contributed by atoms with van der Waals surface area (Å²) in [4.78, 5) is 27.4. The van der Waals surface area contributed by atoms with Crippen LogP contribution < -0.4 is 5.56 Å². The van der Waals surface area contributed by atoms with Crippen LogP contribution in [0.3, 0.4) is 0 Å². The molecule has 2 aromatic rings. The number of fused-ring (bicyclic) bond motifs is 1. The Morgan fingerprint density at radius 2 is 2.19 bits per heavy atom. The van der Waals surface area contributed by atoms with E-state index in [4.69, 9.17) is 9.84 Å². The molecule has 2 aromatic heterocycles. The Labute approximate surface area is 121 Å². The smallest absolute Gasteiger partial charge is 0.343 e. The molecular weight excluding hydrogens is 274 g/mol. The Balaban J connectivity index is 2.64. The number of aliphatic hydroxyl groups excluding tert-OH is 1. The molecule has 0 amide bonds. The molecule has 114 valence electrons. The summed E-state index contributed by atoms with van der Waals surface area (Å²) in [5, 5.41) is 13.1. The van der Waals surface area contributed by atoms with Gasteiger partial charge < -0.3 is 14.8 Å². The van der Waals surface area contributed by atoms with Crippen LogP contribution >= 0.6 is 0 Å². The van der Waals surface area contributed by atoms with E-state index in [1.807, 2.05) is 6.92 Å². The van der Waals surface area contributed by atoms with Gasteiger partial charge in [0.2, 0.25) is 0 Å². The largest absolute Gasteiger partial charge is 0.462 e. The Hall–Kier alpha value is -2.15. The third kappa shape index (κ3) is 2.82.